The van der Waals surface area contributed by atoms with Gasteiger partial charge in [-0.25, -0.2) is 0 Å². The first kappa shape index (κ1) is 13.4. The monoisotopic (exact) mass is 239 g/mol. The predicted molar refractivity (Wildman–Crippen MR) is 72.0 cm³/mol. The molecule has 0 spiro atoms. The third kappa shape index (κ3) is 3.45. The van der Waals surface area contributed by atoms with Gasteiger partial charge in [-0.15, -0.1) is 0 Å². The van der Waals surface area contributed by atoms with Gasteiger partial charge in [0.1, 0.15) is 0 Å². The minimum Gasteiger partial charge on any atom is -0.378 e. The third-order valence-corrected chi connectivity index (χ3v) is 4.94. The van der Waals surface area contributed by atoms with Crippen molar-refractivity contribution in [3.8, 4) is 0 Å². The summed E-state index contributed by atoms with van der Waals surface area (Å²) in [5, 5.41) is 0. The summed E-state index contributed by atoms with van der Waals surface area (Å²) >= 11 is 0. The van der Waals surface area contributed by atoms with E-state index in [4.69, 9.17) is 10.5 Å². The Morgan fingerprint density at radius 2 is 2.12 bits per heavy atom. The first-order chi connectivity index (χ1) is 8.24. The maximum atomic E-state index is 6.66. The van der Waals surface area contributed by atoms with Crippen LogP contribution >= 0.6 is 0 Å². The van der Waals surface area contributed by atoms with Gasteiger partial charge in [0.05, 0.1) is 6.10 Å². The first-order valence-electron chi connectivity index (χ1n) is 7.65. The van der Waals surface area contributed by atoms with Crippen molar-refractivity contribution in [1.82, 2.24) is 0 Å². The fraction of sp³-hybridized carbons (Fsp3) is 1.00. The van der Waals surface area contributed by atoms with Gasteiger partial charge in [0.2, 0.25) is 0 Å². The molecule has 1 heterocycles. The van der Waals surface area contributed by atoms with Crippen LogP contribution in [0.3, 0.4) is 0 Å². The van der Waals surface area contributed by atoms with Crippen LogP contribution in [0.4, 0.5) is 0 Å². The second-order valence-corrected chi connectivity index (χ2v) is 6.11. The minimum absolute atomic E-state index is 0.144. The zero-order chi connectivity index (χ0) is 12.1. The fourth-order valence-corrected chi connectivity index (χ4v) is 3.81. The summed E-state index contributed by atoms with van der Waals surface area (Å²) in [5.41, 5.74) is 6.80. The Bertz CT molecular complexity index is 225. The van der Waals surface area contributed by atoms with Gasteiger partial charge in [-0.1, -0.05) is 26.2 Å². The first-order valence-corrected chi connectivity index (χ1v) is 7.65. The number of hydrogen-bond acceptors (Lipinski definition) is 2. The maximum Gasteiger partial charge on any atom is 0.0576 e. The number of hydrogen-bond donors (Lipinski definition) is 1. The smallest absolute Gasteiger partial charge is 0.0576 e. The minimum atomic E-state index is 0.144. The summed E-state index contributed by atoms with van der Waals surface area (Å²) in [4.78, 5) is 0. The number of ether oxygens (including phenoxy) is 1. The highest BCUT2D eigenvalue weighted by molar-refractivity contribution is 4.93. The van der Waals surface area contributed by atoms with E-state index in [1.54, 1.807) is 0 Å². The van der Waals surface area contributed by atoms with Crippen LogP contribution in [0.5, 0.6) is 0 Å². The molecule has 0 aromatic rings. The van der Waals surface area contributed by atoms with Gasteiger partial charge in [-0.2, -0.15) is 0 Å². The molecule has 0 bridgehead atoms. The Hall–Kier alpha value is -0.0800. The average molecular weight is 239 g/mol. The summed E-state index contributed by atoms with van der Waals surface area (Å²) in [6.07, 6.45) is 13.4. The largest absolute Gasteiger partial charge is 0.378 e. The van der Waals surface area contributed by atoms with Gasteiger partial charge in [0.15, 0.2) is 0 Å². The van der Waals surface area contributed by atoms with E-state index in [0.717, 1.165) is 12.5 Å². The van der Waals surface area contributed by atoms with E-state index in [0.29, 0.717) is 6.10 Å². The molecular weight excluding hydrogens is 210 g/mol. The predicted octanol–water partition coefficient (Wildman–Crippen LogP) is 3.63. The van der Waals surface area contributed by atoms with Gasteiger partial charge in [0, 0.05) is 12.1 Å². The molecule has 3 unspecified atom stereocenters. The Kier molecular flexibility index (Phi) is 4.87. The van der Waals surface area contributed by atoms with Gasteiger partial charge < -0.3 is 10.5 Å². The number of rotatable bonds is 5. The Labute approximate surface area is 106 Å². The lowest BCUT2D eigenvalue weighted by Gasteiger charge is -2.41. The maximum absolute atomic E-state index is 6.66. The topological polar surface area (TPSA) is 35.2 Å². The molecule has 1 saturated carbocycles. The molecular formula is C15H29NO. The lowest BCUT2D eigenvalue weighted by Crippen LogP contribution is -2.49. The normalized spacial score (nSPS) is 38.5. The average Bonchev–Trinajstić information content (AvgIpc) is 2.82. The zero-order valence-corrected chi connectivity index (χ0v) is 11.4. The molecule has 0 amide bonds. The van der Waals surface area contributed by atoms with Crippen LogP contribution in [0, 0.1) is 5.92 Å². The van der Waals surface area contributed by atoms with Gasteiger partial charge >= 0.3 is 0 Å². The quantitative estimate of drug-likeness (QED) is 0.795. The van der Waals surface area contributed by atoms with E-state index in [2.05, 4.69) is 6.92 Å². The Balaban J connectivity index is 1.74. The van der Waals surface area contributed by atoms with Crippen LogP contribution in [0.25, 0.3) is 0 Å². The van der Waals surface area contributed by atoms with Gasteiger partial charge in [-0.05, 0) is 50.9 Å². The van der Waals surface area contributed by atoms with Crippen molar-refractivity contribution in [2.75, 3.05) is 6.61 Å². The molecule has 17 heavy (non-hydrogen) atoms. The number of nitrogens with two attached hydrogens (primary N) is 1. The molecule has 0 radical (unpaired) electrons. The SMILES string of the molecule is CCC1CCCCC1(N)CCCC1CCCO1. The molecule has 2 fully saturated rings. The Morgan fingerprint density at radius 1 is 1.24 bits per heavy atom. The highest BCUT2D eigenvalue weighted by Crippen LogP contribution is 2.37. The Morgan fingerprint density at radius 3 is 2.82 bits per heavy atom. The van der Waals surface area contributed by atoms with Crippen molar-refractivity contribution in [2.45, 2.75) is 82.8 Å². The lowest BCUT2D eigenvalue weighted by molar-refractivity contribution is 0.0947. The van der Waals surface area contributed by atoms with Crippen LogP contribution in [-0.4, -0.2) is 18.2 Å². The highest BCUT2D eigenvalue weighted by atomic mass is 16.5. The fourth-order valence-electron chi connectivity index (χ4n) is 3.81. The summed E-state index contributed by atoms with van der Waals surface area (Å²) in [5.74, 6) is 0.765. The molecule has 2 nitrogen and oxygen atoms in total. The summed E-state index contributed by atoms with van der Waals surface area (Å²) in [7, 11) is 0. The molecule has 100 valence electrons. The van der Waals surface area contributed by atoms with Crippen LogP contribution in [0.1, 0.15) is 71.1 Å². The molecule has 2 heteroatoms. The standard InChI is InChI=1S/C15H29NO/c1-2-13-7-3-4-10-15(13,16)11-5-8-14-9-6-12-17-14/h13-14H,2-12,16H2,1H3. The lowest BCUT2D eigenvalue weighted by atomic mass is 9.69. The molecule has 1 aliphatic heterocycles. The van der Waals surface area contributed by atoms with E-state index in [1.807, 2.05) is 0 Å². The van der Waals surface area contributed by atoms with E-state index in [1.165, 1.54) is 64.2 Å². The van der Waals surface area contributed by atoms with E-state index >= 15 is 0 Å². The van der Waals surface area contributed by atoms with Crippen molar-refractivity contribution in [3.63, 3.8) is 0 Å². The third-order valence-electron chi connectivity index (χ3n) is 4.94. The second-order valence-electron chi connectivity index (χ2n) is 6.11. The van der Waals surface area contributed by atoms with E-state index < -0.39 is 0 Å². The molecule has 2 aliphatic rings. The van der Waals surface area contributed by atoms with Crippen LogP contribution in [0.15, 0.2) is 0 Å². The van der Waals surface area contributed by atoms with Crippen molar-refractivity contribution in [3.05, 3.63) is 0 Å². The van der Waals surface area contributed by atoms with Crippen molar-refractivity contribution >= 4 is 0 Å². The van der Waals surface area contributed by atoms with Crippen molar-refractivity contribution in [1.29, 1.82) is 0 Å². The molecule has 2 N–H and O–H groups in total. The second kappa shape index (κ2) is 6.19. The van der Waals surface area contributed by atoms with Crippen LogP contribution < -0.4 is 5.73 Å². The van der Waals surface area contributed by atoms with E-state index in [9.17, 15) is 0 Å². The van der Waals surface area contributed by atoms with E-state index in [-0.39, 0.29) is 5.54 Å². The molecule has 1 saturated heterocycles. The molecule has 0 aromatic carbocycles. The molecule has 3 atom stereocenters. The molecule has 0 aromatic heterocycles. The van der Waals surface area contributed by atoms with Crippen molar-refractivity contribution in [2.24, 2.45) is 11.7 Å². The van der Waals surface area contributed by atoms with Crippen LogP contribution in [-0.2, 0) is 4.74 Å². The van der Waals surface area contributed by atoms with Crippen LogP contribution in [0.2, 0.25) is 0 Å². The van der Waals surface area contributed by atoms with Crippen molar-refractivity contribution < 1.29 is 4.74 Å². The molecule has 1 aliphatic carbocycles. The zero-order valence-electron chi connectivity index (χ0n) is 11.4. The summed E-state index contributed by atoms with van der Waals surface area (Å²) in [6.45, 7) is 3.29. The summed E-state index contributed by atoms with van der Waals surface area (Å²) in [6, 6.07) is 0. The van der Waals surface area contributed by atoms with Gasteiger partial charge in [0.25, 0.3) is 0 Å². The highest BCUT2D eigenvalue weighted by Gasteiger charge is 2.35. The molecule has 2 rings (SSSR count). The van der Waals surface area contributed by atoms with Gasteiger partial charge in [-0.3, -0.25) is 0 Å². The summed E-state index contributed by atoms with van der Waals surface area (Å²) < 4.78 is 5.69.